The maximum atomic E-state index is 13.5. The fraction of sp³-hybridized carbons (Fsp3) is 0.333. The van der Waals surface area contributed by atoms with Crippen LogP contribution in [0.25, 0.3) is 5.69 Å². The highest BCUT2D eigenvalue weighted by atomic mass is 32.2. The molecule has 2 atom stereocenters. The SMILES string of the molecule is O=C(O)C1CC(S(=O)(=O)c2ccc(-n3ccnc3)cc2C(F)(F)F)CN1. The summed E-state index contributed by atoms with van der Waals surface area (Å²) < 4.78 is 67.2. The molecule has 1 fully saturated rings. The Balaban J connectivity index is 2.05. The van der Waals surface area contributed by atoms with Crippen LogP contribution in [-0.4, -0.2) is 46.9 Å². The molecule has 2 unspecified atom stereocenters. The molecule has 1 saturated heterocycles. The minimum atomic E-state index is -4.89. The first-order chi connectivity index (χ1) is 12.1. The molecule has 140 valence electrons. The normalized spacial score (nSPS) is 21.0. The summed E-state index contributed by atoms with van der Waals surface area (Å²) in [4.78, 5) is 13.9. The minimum absolute atomic E-state index is 0.113. The van der Waals surface area contributed by atoms with Gasteiger partial charge in [0, 0.05) is 24.6 Å². The first kappa shape index (κ1) is 18.4. The van der Waals surface area contributed by atoms with E-state index in [0.717, 1.165) is 12.1 Å². The average molecular weight is 389 g/mol. The number of hydrogen-bond acceptors (Lipinski definition) is 5. The Bertz CT molecular complexity index is 926. The number of aromatic nitrogens is 2. The number of nitrogens with one attached hydrogen (secondary N) is 1. The number of carbonyl (C=O) groups is 1. The fourth-order valence-electron chi connectivity index (χ4n) is 2.87. The maximum Gasteiger partial charge on any atom is 0.417 e. The largest absolute Gasteiger partial charge is 0.480 e. The van der Waals surface area contributed by atoms with Gasteiger partial charge in [-0.3, -0.25) is 4.79 Å². The summed E-state index contributed by atoms with van der Waals surface area (Å²) in [7, 11) is -4.38. The summed E-state index contributed by atoms with van der Waals surface area (Å²) >= 11 is 0. The van der Waals surface area contributed by atoms with Gasteiger partial charge >= 0.3 is 12.1 Å². The lowest BCUT2D eigenvalue weighted by Crippen LogP contribution is -2.30. The first-order valence-corrected chi connectivity index (χ1v) is 9.05. The molecule has 7 nitrogen and oxygen atoms in total. The van der Waals surface area contributed by atoms with Crippen LogP contribution in [0.3, 0.4) is 0 Å². The van der Waals surface area contributed by atoms with Crippen LogP contribution >= 0.6 is 0 Å². The van der Waals surface area contributed by atoms with E-state index < -0.39 is 43.7 Å². The highest BCUT2D eigenvalue weighted by Gasteiger charge is 2.43. The van der Waals surface area contributed by atoms with Crippen molar-refractivity contribution < 1.29 is 31.5 Å². The fourth-order valence-corrected chi connectivity index (χ4v) is 4.73. The highest BCUT2D eigenvalue weighted by molar-refractivity contribution is 7.92. The van der Waals surface area contributed by atoms with E-state index in [9.17, 15) is 26.4 Å². The van der Waals surface area contributed by atoms with Crippen molar-refractivity contribution in [3.63, 3.8) is 0 Å². The molecule has 1 aromatic carbocycles. The molecule has 0 aliphatic carbocycles. The van der Waals surface area contributed by atoms with E-state index in [-0.39, 0.29) is 18.7 Å². The van der Waals surface area contributed by atoms with Crippen molar-refractivity contribution in [2.24, 2.45) is 0 Å². The third-order valence-corrected chi connectivity index (χ3v) is 6.41. The van der Waals surface area contributed by atoms with Gasteiger partial charge in [-0.2, -0.15) is 13.2 Å². The lowest BCUT2D eigenvalue weighted by atomic mass is 10.2. The van der Waals surface area contributed by atoms with Crippen molar-refractivity contribution >= 4 is 15.8 Å². The average Bonchev–Trinajstić information content (AvgIpc) is 3.25. The lowest BCUT2D eigenvalue weighted by molar-refractivity contribution is -0.140. The summed E-state index contributed by atoms with van der Waals surface area (Å²) in [5.74, 6) is -1.24. The first-order valence-electron chi connectivity index (χ1n) is 7.50. The monoisotopic (exact) mass is 389 g/mol. The molecule has 0 saturated carbocycles. The van der Waals surface area contributed by atoms with E-state index in [1.807, 2.05) is 0 Å². The molecule has 1 aliphatic heterocycles. The molecule has 26 heavy (non-hydrogen) atoms. The van der Waals surface area contributed by atoms with Crippen LogP contribution in [0.15, 0.2) is 41.8 Å². The van der Waals surface area contributed by atoms with Gasteiger partial charge < -0.3 is 15.0 Å². The number of carboxylic acids is 1. The smallest absolute Gasteiger partial charge is 0.417 e. The van der Waals surface area contributed by atoms with Gasteiger partial charge in [-0.15, -0.1) is 0 Å². The number of sulfone groups is 1. The van der Waals surface area contributed by atoms with Crippen LogP contribution in [0, 0.1) is 0 Å². The number of benzene rings is 1. The molecular weight excluding hydrogens is 375 g/mol. The van der Waals surface area contributed by atoms with Crippen LogP contribution in [0.1, 0.15) is 12.0 Å². The van der Waals surface area contributed by atoms with Gasteiger partial charge in [0.25, 0.3) is 0 Å². The number of imidazole rings is 1. The predicted octanol–water partition coefficient (Wildman–Crippen LogP) is 1.48. The van der Waals surface area contributed by atoms with E-state index in [0.29, 0.717) is 0 Å². The molecule has 1 aliphatic rings. The Morgan fingerprint density at radius 3 is 2.62 bits per heavy atom. The van der Waals surface area contributed by atoms with Crippen LogP contribution in [0.5, 0.6) is 0 Å². The van der Waals surface area contributed by atoms with Crippen LogP contribution in [-0.2, 0) is 20.8 Å². The van der Waals surface area contributed by atoms with Gasteiger partial charge in [0.1, 0.15) is 6.04 Å². The molecular formula is C15H14F3N3O4S. The summed E-state index contributed by atoms with van der Waals surface area (Å²) in [6, 6.07) is 1.79. The second-order valence-corrected chi connectivity index (χ2v) is 8.05. The lowest BCUT2D eigenvalue weighted by Gasteiger charge is -2.18. The quantitative estimate of drug-likeness (QED) is 0.822. The second kappa shape index (κ2) is 6.40. The van der Waals surface area contributed by atoms with E-state index in [1.54, 1.807) is 0 Å². The van der Waals surface area contributed by atoms with Gasteiger partial charge in [-0.05, 0) is 24.6 Å². The Morgan fingerprint density at radius 1 is 1.35 bits per heavy atom. The van der Waals surface area contributed by atoms with Gasteiger partial charge in [0.15, 0.2) is 9.84 Å². The number of rotatable bonds is 4. The molecule has 2 heterocycles. The molecule has 0 bridgehead atoms. The van der Waals surface area contributed by atoms with Crippen LogP contribution in [0.4, 0.5) is 13.2 Å². The van der Waals surface area contributed by atoms with E-state index >= 15 is 0 Å². The van der Waals surface area contributed by atoms with E-state index in [1.165, 1.54) is 29.4 Å². The summed E-state index contributed by atoms with van der Waals surface area (Å²) in [5.41, 5.74) is -1.18. The van der Waals surface area contributed by atoms with Crippen LogP contribution < -0.4 is 5.32 Å². The molecule has 0 spiro atoms. The van der Waals surface area contributed by atoms with Gasteiger partial charge in [0.05, 0.1) is 22.0 Å². The summed E-state index contributed by atoms with van der Waals surface area (Å²) in [5, 5.41) is 10.2. The number of hydrogen-bond donors (Lipinski definition) is 2. The van der Waals surface area contributed by atoms with Gasteiger partial charge in [-0.1, -0.05) is 0 Å². The van der Waals surface area contributed by atoms with Crippen molar-refractivity contribution in [3.05, 3.63) is 42.5 Å². The van der Waals surface area contributed by atoms with E-state index in [4.69, 9.17) is 5.11 Å². The zero-order valence-electron chi connectivity index (χ0n) is 13.1. The Hall–Kier alpha value is -2.40. The third kappa shape index (κ3) is 3.31. The molecule has 1 aromatic heterocycles. The third-order valence-electron chi connectivity index (χ3n) is 4.21. The van der Waals surface area contributed by atoms with Crippen LogP contribution in [0.2, 0.25) is 0 Å². The van der Waals surface area contributed by atoms with E-state index in [2.05, 4.69) is 10.3 Å². The minimum Gasteiger partial charge on any atom is -0.480 e. The highest BCUT2D eigenvalue weighted by Crippen LogP contribution is 2.37. The Kier molecular flexibility index (Phi) is 4.53. The topological polar surface area (TPSA) is 101 Å². The van der Waals surface area contributed by atoms with Crippen molar-refractivity contribution in [2.45, 2.75) is 28.8 Å². The van der Waals surface area contributed by atoms with Crippen molar-refractivity contribution in [1.82, 2.24) is 14.9 Å². The van der Waals surface area contributed by atoms with Crippen molar-refractivity contribution in [2.75, 3.05) is 6.54 Å². The molecule has 11 heteroatoms. The maximum absolute atomic E-state index is 13.5. The number of aliphatic carboxylic acids is 1. The summed E-state index contributed by atoms with van der Waals surface area (Å²) in [6.45, 7) is -0.222. The molecule has 3 rings (SSSR count). The number of carboxylic acid groups (broad SMARTS) is 1. The number of nitrogens with zero attached hydrogens (tertiary/aromatic N) is 2. The zero-order chi connectivity index (χ0) is 19.1. The Morgan fingerprint density at radius 2 is 2.08 bits per heavy atom. The van der Waals surface area contributed by atoms with Crippen molar-refractivity contribution in [3.8, 4) is 5.69 Å². The van der Waals surface area contributed by atoms with Crippen molar-refractivity contribution in [1.29, 1.82) is 0 Å². The zero-order valence-corrected chi connectivity index (χ0v) is 14.0. The number of halogens is 3. The second-order valence-electron chi connectivity index (χ2n) is 5.85. The van der Waals surface area contributed by atoms with Gasteiger partial charge in [0.2, 0.25) is 0 Å². The standard InChI is InChI=1S/C15H14F3N3O4S/c16-15(17,18)11-5-9(21-4-3-19-8-21)1-2-13(11)26(24,25)10-6-12(14(22)23)20-7-10/h1-5,8,10,12,20H,6-7H2,(H,22,23). The molecule has 0 amide bonds. The van der Waals surface area contributed by atoms with Gasteiger partial charge in [-0.25, -0.2) is 13.4 Å². The predicted molar refractivity (Wildman–Crippen MR) is 83.6 cm³/mol. The molecule has 2 N–H and O–H groups in total. The summed E-state index contributed by atoms with van der Waals surface area (Å²) in [6.07, 6.45) is -1.08. The number of alkyl halides is 3. The Labute approximate surface area is 146 Å². The molecule has 2 aromatic rings. The molecule has 0 radical (unpaired) electrons.